The number of hydrogen-bond acceptors (Lipinski definition) is 3. The maximum absolute atomic E-state index is 9.61. The largest absolute Gasteiger partial charge is 0.392 e. The van der Waals surface area contributed by atoms with Crippen molar-refractivity contribution >= 4 is 0 Å². The predicted octanol–water partition coefficient (Wildman–Crippen LogP) is 0.584. The van der Waals surface area contributed by atoms with E-state index in [9.17, 15) is 5.11 Å². The normalized spacial score (nSPS) is 35.6. The summed E-state index contributed by atoms with van der Waals surface area (Å²) in [6.45, 7) is 5.20. The fourth-order valence-corrected chi connectivity index (χ4v) is 2.61. The lowest BCUT2D eigenvalue weighted by Crippen LogP contribution is -2.39. The SMILES string of the molecule is CCC(O)CN1CCC2CCC(C1)N2. The van der Waals surface area contributed by atoms with Gasteiger partial charge in [-0.25, -0.2) is 0 Å². The molecular formula is C11H22N2O. The number of β-amino-alcohol motifs (C(OH)–C–C–N with tert-alkyl or cyclic N) is 1. The van der Waals surface area contributed by atoms with Gasteiger partial charge in [-0.3, -0.25) is 4.90 Å². The fraction of sp³-hybridized carbons (Fsp3) is 1.00. The van der Waals surface area contributed by atoms with Gasteiger partial charge in [0.2, 0.25) is 0 Å². The molecule has 3 heteroatoms. The highest BCUT2D eigenvalue weighted by molar-refractivity contribution is 4.89. The van der Waals surface area contributed by atoms with Crippen LogP contribution >= 0.6 is 0 Å². The lowest BCUT2D eigenvalue weighted by Gasteiger charge is -2.25. The van der Waals surface area contributed by atoms with Gasteiger partial charge in [0.25, 0.3) is 0 Å². The summed E-state index contributed by atoms with van der Waals surface area (Å²) in [5, 5.41) is 13.3. The molecule has 2 aliphatic rings. The first-order valence-corrected chi connectivity index (χ1v) is 5.94. The van der Waals surface area contributed by atoms with Crippen molar-refractivity contribution in [3.63, 3.8) is 0 Å². The van der Waals surface area contributed by atoms with Crippen LogP contribution in [0.5, 0.6) is 0 Å². The zero-order valence-electron chi connectivity index (χ0n) is 9.08. The van der Waals surface area contributed by atoms with Crippen LogP contribution in [0.2, 0.25) is 0 Å². The summed E-state index contributed by atoms with van der Waals surface area (Å²) in [4.78, 5) is 2.42. The van der Waals surface area contributed by atoms with Crippen molar-refractivity contribution < 1.29 is 5.11 Å². The number of likely N-dealkylation sites (tertiary alicyclic amines) is 1. The van der Waals surface area contributed by atoms with Gasteiger partial charge in [-0.15, -0.1) is 0 Å². The topological polar surface area (TPSA) is 35.5 Å². The Hall–Kier alpha value is -0.120. The molecule has 3 atom stereocenters. The van der Waals surface area contributed by atoms with E-state index in [-0.39, 0.29) is 6.10 Å². The van der Waals surface area contributed by atoms with Crippen molar-refractivity contribution in [2.45, 2.75) is 50.8 Å². The van der Waals surface area contributed by atoms with E-state index in [1.807, 2.05) is 6.92 Å². The number of rotatable bonds is 3. The van der Waals surface area contributed by atoms with Crippen LogP contribution in [-0.4, -0.2) is 47.8 Å². The van der Waals surface area contributed by atoms with E-state index in [1.165, 1.54) is 19.3 Å². The molecule has 0 aromatic rings. The molecule has 0 aromatic carbocycles. The van der Waals surface area contributed by atoms with E-state index in [1.54, 1.807) is 0 Å². The molecule has 82 valence electrons. The van der Waals surface area contributed by atoms with Crippen LogP contribution in [-0.2, 0) is 0 Å². The number of aliphatic hydroxyl groups excluding tert-OH is 1. The molecule has 0 spiro atoms. The number of aliphatic hydroxyl groups is 1. The molecule has 2 aliphatic heterocycles. The van der Waals surface area contributed by atoms with E-state index >= 15 is 0 Å². The fourth-order valence-electron chi connectivity index (χ4n) is 2.61. The van der Waals surface area contributed by atoms with Crippen molar-refractivity contribution in [3.05, 3.63) is 0 Å². The second kappa shape index (κ2) is 4.60. The van der Waals surface area contributed by atoms with Gasteiger partial charge in [-0.2, -0.15) is 0 Å². The molecule has 0 aliphatic carbocycles. The Bertz CT molecular complexity index is 186. The quantitative estimate of drug-likeness (QED) is 0.696. The summed E-state index contributed by atoms with van der Waals surface area (Å²) in [5.74, 6) is 0. The lowest BCUT2D eigenvalue weighted by molar-refractivity contribution is 0.106. The highest BCUT2D eigenvalue weighted by atomic mass is 16.3. The third-order valence-electron chi connectivity index (χ3n) is 3.55. The Balaban J connectivity index is 1.82. The van der Waals surface area contributed by atoms with E-state index < -0.39 is 0 Å². The van der Waals surface area contributed by atoms with Gasteiger partial charge in [0.15, 0.2) is 0 Å². The molecule has 0 amide bonds. The average molecular weight is 198 g/mol. The van der Waals surface area contributed by atoms with Gasteiger partial charge in [-0.1, -0.05) is 6.92 Å². The molecule has 2 N–H and O–H groups in total. The van der Waals surface area contributed by atoms with E-state index in [0.29, 0.717) is 6.04 Å². The molecule has 14 heavy (non-hydrogen) atoms. The molecule has 2 heterocycles. The Kier molecular flexibility index (Phi) is 3.42. The van der Waals surface area contributed by atoms with E-state index in [0.717, 1.165) is 32.1 Å². The molecule has 2 bridgehead atoms. The first-order valence-electron chi connectivity index (χ1n) is 5.94. The molecule has 0 radical (unpaired) electrons. The highest BCUT2D eigenvalue weighted by Crippen LogP contribution is 2.20. The van der Waals surface area contributed by atoms with Crippen molar-refractivity contribution in [2.24, 2.45) is 0 Å². The van der Waals surface area contributed by atoms with E-state index in [2.05, 4.69) is 10.2 Å². The van der Waals surface area contributed by atoms with E-state index in [4.69, 9.17) is 0 Å². The van der Waals surface area contributed by atoms with Crippen molar-refractivity contribution in [1.29, 1.82) is 0 Å². The van der Waals surface area contributed by atoms with Crippen LogP contribution in [0.3, 0.4) is 0 Å². The molecule has 2 fully saturated rings. The van der Waals surface area contributed by atoms with Gasteiger partial charge in [0.1, 0.15) is 0 Å². The molecular weight excluding hydrogens is 176 g/mol. The Morgan fingerprint density at radius 3 is 2.93 bits per heavy atom. The monoisotopic (exact) mass is 198 g/mol. The van der Waals surface area contributed by atoms with Gasteiger partial charge >= 0.3 is 0 Å². The maximum Gasteiger partial charge on any atom is 0.0664 e. The van der Waals surface area contributed by atoms with Crippen LogP contribution in [0.4, 0.5) is 0 Å². The molecule has 0 aromatic heterocycles. The Morgan fingerprint density at radius 1 is 1.36 bits per heavy atom. The molecule has 2 rings (SSSR count). The first kappa shape index (κ1) is 10.4. The molecule has 0 saturated carbocycles. The van der Waals surface area contributed by atoms with Crippen molar-refractivity contribution in [1.82, 2.24) is 10.2 Å². The minimum atomic E-state index is -0.133. The molecule has 2 saturated heterocycles. The summed E-state index contributed by atoms with van der Waals surface area (Å²) < 4.78 is 0. The second-order valence-electron chi connectivity index (χ2n) is 4.75. The van der Waals surface area contributed by atoms with Crippen molar-refractivity contribution in [3.8, 4) is 0 Å². The summed E-state index contributed by atoms with van der Waals surface area (Å²) in [7, 11) is 0. The summed E-state index contributed by atoms with van der Waals surface area (Å²) in [6, 6.07) is 1.44. The van der Waals surface area contributed by atoms with Crippen LogP contribution in [0.25, 0.3) is 0 Å². The zero-order valence-corrected chi connectivity index (χ0v) is 9.08. The smallest absolute Gasteiger partial charge is 0.0664 e. The number of nitrogens with zero attached hydrogens (tertiary/aromatic N) is 1. The van der Waals surface area contributed by atoms with Crippen molar-refractivity contribution in [2.75, 3.05) is 19.6 Å². The third-order valence-corrected chi connectivity index (χ3v) is 3.55. The highest BCUT2D eigenvalue weighted by Gasteiger charge is 2.29. The van der Waals surface area contributed by atoms with Gasteiger partial charge in [0.05, 0.1) is 6.10 Å². The van der Waals surface area contributed by atoms with Crippen LogP contribution < -0.4 is 5.32 Å². The Morgan fingerprint density at radius 2 is 2.14 bits per heavy atom. The summed E-state index contributed by atoms with van der Waals surface area (Å²) >= 11 is 0. The number of nitrogens with one attached hydrogen (secondary N) is 1. The lowest BCUT2D eigenvalue weighted by atomic mass is 10.1. The zero-order chi connectivity index (χ0) is 9.97. The van der Waals surface area contributed by atoms with Gasteiger partial charge in [0, 0.05) is 25.2 Å². The van der Waals surface area contributed by atoms with Crippen LogP contribution in [0.1, 0.15) is 32.6 Å². The second-order valence-corrected chi connectivity index (χ2v) is 4.75. The minimum absolute atomic E-state index is 0.133. The van der Waals surface area contributed by atoms with Gasteiger partial charge < -0.3 is 10.4 Å². The third kappa shape index (κ3) is 2.47. The standard InChI is InChI=1S/C11H22N2O/c1-2-11(14)8-13-6-5-9-3-4-10(7-13)12-9/h9-12,14H,2-8H2,1H3. The average Bonchev–Trinajstić information content (AvgIpc) is 2.50. The number of hydrogen-bond donors (Lipinski definition) is 2. The van der Waals surface area contributed by atoms with Crippen LogP contribution in [0, 0.1) is 0 Å². The molecule has 3 nitrogen and oxygen atoms in total. The van der Waals surface area contributed by atoms with Crippen LogP contribution in [0.15, 0.2) is 0 Å². The predicted molar refractivity (Wildman–Crippen MR) is 57.3 cm³/mol. The maximum atomic E-state index is 9.61. The molecule has 3 unspecified atom stereocenters. The van der Waals surface area contributed by atoms with Gasteiger partial charge in [-0.05, 0) is 32.2 Å². The summed E-state index contributed by atoms with van der Waals surface area (Å²) in [6.07, 6.45) is 4.68. The first-order chi connectivity index (χ1) is 6.78. The summed E-state index contributed by atoms with van der Waals surface area (Å²) in [5.41, 5.74) is 0. The minimum Gasteiger partial charge on any atom is -0.392 e. The Labute approximate surface area is 86.5 Å². The number of fused-ring (bicyclic) bond motifs is 2.